The van der Waals surface area contributed by atoms with Crippen molar-refractivity contribution in [3.05, 3.63) is 71.9 Å². The van der Waals surface area contributed by atoms with Crippen LogP contribution in [-0.4, -0.2) is 44.7 Å². The maximum Gasteiger partial charge on any atom is 0.252 e. The highest BCUT2D eigenvalue weighted by Crippen LogP contribution is 2.24. The summed E-state index contributed by atoms with van der Waals surface area (Å²) in [5.41, 5.74) is 1.30. The van der Waals surface area contributed by atoms with Crippen molar-refractivity contribution in [3.8, 4) is 0 Å². The maximum atomic E-state index is 13.5. The second kappa shape index (κ2) is 9.10. The van der Waals surface area contributed by atoms with Crippen LogP contribution in [0.1, 0.15) is 49.2 Å². The fourth-order valence-corrected chi connectivity index (χ4v) is 4.48. The van der Waals surface area contributed by atoms with Crippen molar-refractivity contribution in [2.75, 3.05) is 13.1 Å². The molecule has 0 aliphatic carbocycles. The van der Waals surface area contributed by atoms with Gasteiger partial charge in [-0.1, -0.05) is 12.1 Å². The lowest BCUT2D eigenvalue weighted by atomic mass is 9.95. The molecule has 0 bridgehead atoms. The van der Waals surface area contributed by atoms with Crippen LogP contribution in [0.2, 0.25) is 0 Å². The van der Waals surface area contributed by atoms with Crippen molar-refractivity contribution in [2.45, 2.75) is 45.1 Å². The molecule has 0 spiro atoms. The molecular formula is C25H29FN4O2. The van der Waals surface area contributed by atoms with E-state index < -0.39 is 17.3 Å². The largest absolute Gasteiger partial charge is 0.341 e. The molecule has 1 aliphatic heterocycles. The van der Waals surface area contributed by atoms with Gasteiger partial charge in [0.05, 0.1) is 0 Å². The number of nitrogens with zero attached hydrogens (tertiary/aromatic N) is 3. The van der Waals surface area contributed by atoms with Crippen molar-refractivity contribution < 1.29 is 14.0 Å². The van der Waals surface area contributed by atoms with Gasteiger partial charge < -0.3 is 14.6 Å². The number of hydrogen-bond donors (Lipinski definition) is 1. The summed E-state index contributed by atoms with van der Waals surface area (Å²) in [6.07, 6.45) is 7.61. The SMILES string of the molecule is CC(C)(NC(=O)c1cccc(F)c1)C(=O)N1CCC[C@H](Cc2cccc3nccn23)CC1. The summed E-state index contributed by atoms with van der Waals surface area (Å²) in [7, 11) is 0. The molecular weight excluding hydrogens is 407 g/mol. The molecule has 1 atom stereocenters. The lowest BCUT2D eigenvalue weighted by Crippen LogP contribution is -2.56. The van der Waals surface area contributed by atoms with Crippen molar-refractivity contribution in [1.82, 2.24) is 19.6 Å². The van der Waals surface area contributed by atoms with Gasteiger partial charge in [-0.25, -0.2) is 9.37 Å². The van der Waals surface area contributed by atoms with E-state index in [1.54, 1.807) is 13.8 Å². The van der Waals surface area contributed by atoms with Gasteiger partial charge in [0.1, 0.15) is 17.0 Å². The zero-order valence-electron chi connectivity index (χ0n) is 18.6. The minimum atomic E-state index is -1.08. The van der Waals surface area contributed by atoms with Gasteiger partial charge in [-0.3, -0.25) is 9.59 Å². The molecule has 1 aliphatic rings. The van der Waals surface area contributed by atoms with Gasteiger partial charge >= 0.3 is 0 Å². The lowest BCUT2D eigenvalue weighted by Gasteiger charge is -2.32. The number of aromatic nitrogens is 2. The second-order valence-electron chi connectivity index (χ2n) is 9.06. The van der Waals surface area contributed by atoms with Crippen LogP contribution in [0.15, 0.2) is 54.9 Å². The van der Waals surface area contributed by atoms with Gasteiger partial charge in [0, 0.05) is 36.7 Å². The first kappa shape index (κ1) is 22.0. The van der Waals surface area contributed by atoms with Crippen LogP contribution >= 0.6 is 0 Å². The monoisotopic (exact) mass is 436 g/mol. The highest BCUT2D eigenvalue weighted by Gasteiger charge is 2.34. The second-order valence-corrected chi connectivity index (χ2v) is 9.06. The number of imidazole rings is 1. The number of pyridine rings is 1. The molecule has 6 nitrogen and oxygen atoms in total. The Labute approximate surface area is 187 Å². The molecule has 168 valence electrons. The van der Waals surface area contributed by atoms with Gasteiger partial charge in [0.15, 0.2) is 0 Å². The van der Waals surface area contributed by atoms with Crippen LogP contribution in [0.25, 0.3) is 5.65 Å². The number of halogens is 1. The van der Waals surface area contributed by atoms with E-state index in [0.717, 1.165) is 31.3 Å². The van der Waals surface area contributed by atoms with E-state index in [0.29, 0.717) is 19.0 Å². The topological polar surface area (TPSA) is 66.7 Å². The number of fused-ring (bicyclic) bond motifs is 1. The minimum absolute atomic E-state index is 0.111. The zero-order chi connectivity index (χ0) is 22.7. The van der Waals surface area contributed by atoms with Gasteiger partial charge in [-0.05, 0) is 75.8 Å². The average molecular weight is 437 g/mol. The number of carbonyl (C=O) groups is 2. The highest BCUT2D eigenvalue weighted by molar-refractivity contribution is 5.98. The van der Waals surface area contributed by atoms with E-state index in [-0.39, 0.29) is 11.5 Å². The Bertz CT molecular complexity index is 1120. The van der Waals surface area contributed by atoms with E-state index >= 15 is 0 Å². The van der Waals surface area contributed by atoms with E-state index in [4.69, 9.17) is 0 Å². The van der Waals surface area contributed by atoms with Crippen LogP contribution in [-0.2, 0) is 11.2 Å². The Kier molecular flexibility index (Phi) is 6.26. The highest BCUT2D eigenvalue weighted by atomic mass is 19.1. The summed E-state index contributed by atoms with van der Waals surface area (Å²) in [4.78, 5) is 32.0. The van der Waals surface area contributed by atoms with Crippen molar-refractivity contribution in [1.29, 1.82) is 0 Å². The minimum Gasteiger partial charge on any atom is -0.341 e. The number of nitrogens with one attached hydrogen (secondary N) is 1. The maximum absolute atomic E-state index is 13.5. The van der Waals surface area contributed by atoms with Crippen LogP contribution in [0.3, 0.4) is 0 Å². The molecule has 0 radical (unpaired) electrons. The average Bonchev–Trinajstić information content (AvgIpc) is 3.13. The number of rotatable bonds is 5. The number of hydrogen-bond acceptors (Lipinski definition) is 3. The third kappa shape index (κ3) is 4.82. The zero-order valence-corrected chi connectivity index (χ0v) is 18.6. The first-order valence-electron chi connectivity index (χ1n) is 11.1. The third-order valence-corrected chi connectivity index (χ3v) is 6.19. The molecule has 32 heavy (non-hydrogen) atoms. The molecule has 2 amide bonds. The van der Waals surface area contributed by atoms with Crippen LogP contribution < -0.4 is 5.32 Å². The fraction of sp³-hybridized carbons (Fsp3) is 0.400. The number of amides is 2. The molecule has 1 N–H and O–H groups in total. The molecule has 0 unspecified atom stereocenters. The van der Waals surface area contributed by atoms with E-state index in [9.17, 15) is 14.0 Å². The number of benzene rings is 1. The van der Waals surface area contributed by atoms with Crippen molar-refractivity contribution >= 4 is 17.5 Å². The first-order valence-corrected chi connectivity index (χ1v) is 11.1. The molecule has 0 saturated carbocycles. The quantitative estimate of drug-likeness (QED) is 0.661. The molecule has 1 aromatic carbocycles. The first-order chi connectivity index (χ1) is 15.3. The summed E-state index contributed by atoms with van der Waals surface area (Å²) < 4.78 is 15.6. The van der Waals surface area contributed by atoms with Crippen molar-refractivity contribution in [3.63, 3.8) is 0 Å². The van der Waals surface area contributed by atoms with Gasteiger partial charge in [0.25, 0.3) is 5.91 Å². The number of likely N-dealkylation sites (tertiary alicyclic amines) is 1. The van der Waals surface area contributed by atoms with Gasteiger partial charge in [-0.2, -0.15) is 0 Å². The summed E-state index contributed by atoms with van der Waals surface area (Å²) in [5.74, 6) is -0.568. The van der Waals surface area contributed by atoms with E-state index in [1.807, 2.05) is 29.4 Å². The molecule has 3 heterocycles. The van der Waals surface area contributed by atoms with E-state index in [1.165, 1.54) is 30.0 Å². The molecule has 2 aromatic heterocycles. The summed E-state index contributed by atoms with van der Waals surface area (Å²) >= 11 is 0. The Balaban J connectivity index is 1.38. The Morgan fingerprint density at radius 1 is 1.16 bits per heavy atom. The molecule has 1 saturated heterocycles. The summed E-state index contributed by atoms with van der Waals surface area (Å²) in [6, 6.07) is 11.6. The van der Waals surface area contributed by atoms with Crippen LogP contribution in [0, 0.1) is 11.7 Å². The molecule has 4 rings (SSSR count). The fourth-order valence-electron chi connectivity index (χ4n) is 4.48. The normalized spacial score (nSPS) is 17.2. The standard InChI is InChI=1S/C25H29FN4O2/c1-25(2,28-23(31)19-7-3-8-20(26)17-19)24(32)29-13-5-6-18(11-14-29)16-21-9-4-10-22-27-12-15-30(21)22/h3-4,7-10,12,15,17-18H,5-6,11,13-14,16H2,1-2H3,(H,28,31)/t18-/m0/s1. The van der Waals surface area contributed by atoms with Crippen LogP contribution in [0.4, 0.5) is 4.39 Å². The molecule has 1 fully saturated rings. The Morgan fingerprint density at radius 2 is 1.97 bits per heavy atom. The lowest BCUT2D eigenvalue weighted by molar-refractivity contribution is -0.136. The molecule has 7 heteroatoms. The van der Waals surface area contributed by atoms with Crippen LogP contribution in [0.5, 0.6) is 0 Å². The van der Waals surface area contributed by atoms with Gasteiger partial charge in [-0.15, -0.1) is 0 Å². The summed E-state index contributed by atoms with van der Waals surface area (Å²) in [6.45, 7) is 4.73. The Hall–Kier alpha value is -3.22. The third-order valence-electron chi connectivity index (χ3n) is 6.19. The predicted octanol–water partition coefficient (Wildman–Crippen LogP) is 3.85. The predicted molar refractivity (Wildman–Crippen MR) is 121 cm³/mol. The number of carbonyl (C=O) groups excluding carboxylic acids is 2. The van der Waals surface area contributed by atoms with Crippen molar-refractivity contribution in [2.24, 2.45) is 5.92 Å². The van der Waals surface area contributed by atoms with Gasteiger partial charge in [0.2, 0.25) is 5.91 Å². The smallest absolute Gasteiger partial charge is 0.252 e. The van der Waals surface area contributed by atoms with E-state index in [2.05, 4.69) is 20.8 Å². The Morgan fingerprint density at radius 3 is 2.78 bits per heavy atom. The molecule has 3 aromatic rings. The summed E-state index contributed by atoms with van der Waals surface area (Å²) in [5, 5.41) is 2.78.